The van der Waals surface area contributed by atoms with E-state index in [0.29, 0.717) is 65.6 Å². The van der Waals surface area contributed by atoms with Crippen molar-refractivity contribution in [1.82, 2.24) is 15.3 Å². The highest BCUT2D eigenvalue weighted by molar-refractivity contribution is 6.38. The van der Waals surface area contributed by atoms with E-state index in [1.807, 2.05) is 30.0 Å². The second-order valence-corrected chi connectivity index (χ2v) is 8.39. The van der Waals surface area contributed by atoms with Gasteiger partial charge in [-0.2, -0.15) is 0 Å². The van der Waals surface area contributed by atoms with E-state index in [0.717, 1.165) is 11.1 Å². The quantitative estimate of drug-likeness (QED) is 0.483. The molecule has 1 amide bonds. The van der Waals surface area contributed by atoms with Crippen molar-refractivity contribution in [3.63, 3.8) is 0 Å². The van der Waals surface area contributed by atoms with Crippen molar-refractivity contribution in [3.8, 4) is 0 Å². The van der Waals surface area contributed by atoms with Crippen molar-refractivity contribution in [2.75, 3.05) is 18.0 Å². The maximum absolute atomic E-state index is 12.3. The molecule has 2 aromatic heterocycles. The van der Waals surface area contributed by atoms with Crippen LogP contribution in [0.3, 0.4) is 0 Å². The summed E-state index contributed by atoms with van der Waals surface area (Å²) in [6.07, 6.45) is 2.62. The molecule has 0 aliphatic carbocycles. The Hall–Kier alpha value is -2.31. The van der Waals surface area contributed by atoms with Crippen LogP contribution in [0.2, 0.25) is 10.0 Å². The van der Waals surface area contributed by atoms with Crippen molar-refractivity contribution in [3.05, 3.63) is 52.2 Å². The molecule has 1 N–H and O–H groups in total. The van der Waals surface area contributed by atoms with Crippen molar-refractivity contribution in [2.24, 2.45) is 5.92 Å². The van der Waals surface area contributed by atoms with E-state index in [4.69, 9.17) is 32.6 Å². The van der Waals surface area contributed by atoms with Crippen molar-refractivity contribution < 1.29 is 9.21 Å². The predicted octanol–water partition coefficient (Wildman–Crippen LogP) is 5.26. The SMILES string of the molecule is CCc1nc(N(CCC(=O)NCC(C)C)Cc2ccco2)c2cc(Cl)cc(Cl)c2n1. The van der Waals surface area contributed by atoms with Crippen LogP contribution in [0.25, 0.3) is 10.9 Å². The summed E-state index contributed by atoms with van der Waals surface area (Å²) in [6, 6.07) is 7.23. The molecule has 0 spiro atoms. The van der Waals surface area contributed by atoms with Gasteiger partial charge in [0.1, 0.15) is 17.4 Å². The number of hydrogen-bond acceptors (Lipinski definition) is 5. The molecule has 0 bridgehead atoms. The Kier molecular flexibility index (Phi) is 7.56. The molecule has 160 valence electrons. The second-order valence-electron chi connectivity index (χ2n) is 7.55. The Bertz CT molecular complexity index is 1010. The van der Waals surface area contributed by atoms with E-state index in [-0.39, 0.29) is 5.91 Å². The lowest BCUT2D eigenvalue weighted by atomic mass is 10.2. The monoisotopic (exact) mass is 448 g/mol. The van der Waals surface area contributed by atoms with Gasteiger partial charge in [-0.1, -0.05) is 44.0 Å². The highest BCUT2D eigenvalue weighted by atomic mass is 35.5. The largest absolute Gasteiger partial charge is 0.467 e. The molecule has 1 aromatic carbocycles. The summed E-state index contributed by atoms with van der Waals surface area (Å²) in [5, 5.41) is 4.69. The third kappa shape index (κ3) is 5.64. The molecular formula is C22H26Cl2N4O2. The van der Waals surface area contributed by atoms with Crippen LogP contribution in [0.5, 0.6) is 0 Å². The maximum Gasteiger partial charge on any atom is 0.221 e. The molecule has 0 atom stereocenters. The standard InChI is InChI=1S/C22H26Cl2N4O2/c1-4-19-26-21-17(10-15(23)11-18(21)24)22(27-19)28(13-16-6-5-9-30-16)8-7-20(29)25-12-14(2)3/h5-6,9-11,14H,4,7-8,12-13H2,1-3H3,(H,25,29). The minimum Gasteiger partial charge on any atom is -0.467 e. The van der Waals surface area contributed by atoms with Gasteiger partial charge in [0, 0.05) is 36.3 Å². The summed E-state index contributed by atoms with van der Waals surface area (Å²) in [6.45, 7) is 7.70. The number of nitrogens with one attached hydrogen (secondary N) is 1. The number of aryl methyl sites for hydroxylation is 1. The van der Waals surface area contributed by atoms with Gasteiger partial charge in [-0.15, -0.1) is 0 Å². The summed E-state index contributed by atoms with van der Waals surface area (Å²) >= 11 is 12.7. The first-order valence-corrected chi connectivity index (χ1v) is 10.8. The second kappa shape index (κ2) is 10.1. The number of benzene rings is 1. The fourth-order valence-corrected chi connectivity index (χ4v) is 3.61. The Morgan fingerprint density at radius 3 is 2.73 bits per heavy atom. The lowest BCUT2D eigenvalue weighted by Crippen LogP contribution is -2.33. The molecule has 0 radical (unpaired) electrons. The average Bonchev–Trinajstić information content (AvgIpc) is 3.22. The Labute approximate surface area is 186 Å². The summed E-state index contributed by atoms with van der Waals surface area (Å²) in [5.74, 6) is 2.54. The van der Waals surface area contributed by atoms with Gasteiger partial charge in [0.05, 0.1) is 23.3 Å². The molecule has 0 saturated heterocycles. The van der Waals surface area contributed by atoms with Gasteiger partial charge in [0.15, 0.2) is 0 Å². The zero-order valence-electron chi connectivity index (χ0n) is 17.4. The van der Waals surface area contributed by atoms with E-state index >= 15 is 0 Å². The van der Waals surface area contributed by atoms with E-state index in [9.17, 15) is 4.79 Å². The van der Waals surface area contributed by atoms with Crippen molar-refractivity contribution in [1.29, 1.82) is 0 Å². The molecule has 30 heavy (non-hydrogen) atoms. The van der Waals surface area contributed by atoms with Crippen molar-refractivity contribution >= 4 is 45.8 Å². The number of furan rings is 1. The molecule has 3 aromatic rings. The molecule has 0 saturated carbocycles. The number of carbonyl (C=O) groups excluding carboxylic acids is 1. The number of aromatic nitrogens is 2. The van der Waals surface area contributed by atoms with Gasteiger partial charge >= 0.3 is 0 Å². The lowest BCUT2D eigenvalue weighted by Gasteiger charge is -2.25. The lowest BCUT2D eigenvalue weighted by molar-refractivity contribution is -0.121. The minimum atomic E-state index is -0.00159. The average molecular weight is 449 g/mol. The predicted molar refractivity (Wildman–Crippen MR) is 121 cm³/mol. The third-order valence-electron chi connectivity index (χ3n) is 4.60. The van der Waals surface area contributed by atoms with Gasteiger partial charge in [-0.25, -0.2) is 9.97 Å². The first kappa shape index (κ1) is 22.4. The van der Waals surface area contributed by atoms with Gasteiger partial charge in [-0.3, -0.25) is 4.79 Å². The number of rotatable bonds is 9. The number of amides is 1. The number of carbonyl (C=O) groups is 1. The topological polar surface area (TPSA) is 71.3 Å². The number of nitrogens with zero attached hydrogens (tertiary/aromatic N) is 3. The van der Waals surface area contributed by atoms with Crippen LogP contribution in [0, 0.1) is 5.92 Å². The first-order valence-electron chi connectivity index (χ1n) is 10.1. The molecule has 0 fully saturated rings. The smallest absolute Gasteiger partial charge is 0.221 e. The van der Waals surface area contributed by atoms with Crippen LogP contribution in [0.1, 0.15) is 38.8 Å². The number of halogens is 2. The molecule has 6 nitrogen and oxygen atoms in total. The van der Waals surface area contributed by atoms with Gasteiger partial charge in [0.25, 0.3) is 0 Å². The summed E-state index contributed by atoms with van der Waals surface area (Å²) in [5.41, 5.74) is 0.650. The fraction of sp³-hybridized carbons (Fsp3) is 0.409. The fourth-order valence-electron chi connectivity index (χ4n) is 3.08. The normalized spacial score (nSPS) is 11.3. The van der Waals surface area contributed by atoms with Crippen LogP contribution in [0.4, 0.5) is 5.82 Å². The molecule has 0 unspecified atom stereocenters. The van der Waals surface area contributed by atoms with Crippen LogP contribution in [-0.2, 0) is 17.8 Å². The van der Waals surface area contributed by atoms with Crippen molar-refractivity contribution in [2.45, 2.75) is 40.2 Å². The third-order valence-corrected chi connectivity index (χ3v) is 5.11. The first-order chi connectivity index (χ1) is 14.4. The van der Waals surface area contributed by atoms with Crippen LogP contribution >= 0.6 is 23.2 Å². The Morgan fingerprint density at radius 2 is 2.07 bits per heavy atom. The van der Waals surface area contributed by atoms with E-state index < -0.39 is 0 Å². The molecule has 8 heteroatoms. The summed E-state index contributed by atoms with van der Waals surface area (Å²) in [4.78, 5) is 23.7. The molecular weight excluding hydrogens is 423 g/mol. The number of hydrogen-bond donors (Lipinski definition) is 1. The summed E-state index contributed by atoms with van der Waals surface area (Å²) < 4.78 is 5.55. The Balaban J connectivity index is 1.97. The van der Waals surface area contributed by atoms with Crippen LogP contribution < -0.4 is 10.2 Å². The highest BCUT2D eigenvalue weighted by Crippen LogP contribution is 2.33. The molecule has 2 heterocycles. The van der Waals surface area contributed by atoms with E-state index in [2.05, 4.69) is 24.1 Å². The molecule has 3 rings (SSSR count). The number of anilines is 1. The van der Waals surface area contributed by atoms with Gasteiger partial charge < -0.3 is 14.6 Å². The zero-order valence-corrected chi connectivity index (χ0v) is 18.9. The van der Waals surface area contributed by atoms with E-state index in [1.54, 1.807) is 12.3 Å². The van der Waals surface area contributed by atoms with Crippen LogP contribution in [0.15, 0.2) is 34.9 Å². The minimum absolute atomic E-state index is 0.00159. The Morgan fingerprint density at radius 1 is 1.27 bits per heavy atom. The highest BCUT2D eigenvalue weighted by Gasteiger charge is 2.19. The van der Waals surface area contributed by atoms with Gasteiger partial charge in [-0.05, 0) is 30.2 Å². The van der Waals surface area contributed by atoms with E-state index in [1.165, 1.54) is 0 Å². The number of fused-ring (bicyclic) bond motifs is 1. The molecule has 0 aliphatic heterocycles. The molecule has 0 aliphatic rings. The van der Waals surface area contributed by atoms with Crippen LogP contribution in [-0.4, -0.2) is 29.0 Å². The zero-order chi connectivity index (χ0) is 21.7. The maximum atomic E-state index is 12.3. The van der Waals surface area contributed by atoms with Gasteiger partial charge in [0.2, 0.25) is 5.91 Å². The summed E-state index contributed by atoms with van der Waals surface area (Å²) in [7, 11) is 0.